The van der Waals surface area contributed by atoms with E-state index in [4.69, 9.17) is 0 Å². The van der Waals surface area contributed by atoms with Crippen LogP contribution in [0.15, 0.2) is 39.0 Å². The first-order chi connectivity index (χ1) is 9.49. The van der Waals surface area contributed by atoms with Gasteiger partial charge in [-0.15, -0.1) is 4.68 Å². The van der Waals surface area contributed by atoms with Crippen molar-refractivity contribution < 1.29 is 4.92 Å². The highest BCUT2D eigenvalue weighted by atomic mass is 16.6. The summed E-state index contributed by atoms with van der Waals surface area (Å²) in [5, 5.41) is 19.9. The highest BCUT2D eigenvalue weighted by Gasteiger charge is 2.05. The lowest BCUT2D eigenvalue weighted by Gasteiger charge is -1.97. The number of aryl methyl sites for hydroxylation is 1. The Balaban J connectivity index is 2.42. The Hall–Kier alpha value is -3.10. The smallest absolute Gasteiger partial charge is 0.265 e. The minimum absolute atomic E-state index is 0.0841. The predicted octanol–water partition coefficient (Wildman–Crippen LogP) is 0.0304. The van der Waals surface area contributed by atoms with Crippen molar-refractivity contribution >= 4 is 11.9 Å². The van der Waals surface area contributed by atoms with E-state index in [-0.39, 0.29) is 11.4 Å². The van der Waals surface area contributed by atoms with Crippen molar-refractivity contribution in [3.63, 3.8) is 0 Å². The number of aromatic nitrogens is 3. The molecule has 20 heavy (non-hydrogen) atoms. The third-order valence-corrected chi connectivity index (χ3v) is 2.42. The normalized spacial score (nSPS) is 10.8. The summed E-state index contributed by atoms with van der Waals surface area (Å²) in [6.45, 7) is 1.43. The third-order valence-electron chi connectivity index (χ3n) is 2.42. The fourth-order valence-corrected chi connectivity index (χ4v) is 1.42. The van der Waals surface area contributed by atoms with E-state index in [0.29, 0.717) is 10.2 Å². The first kappa shape index (κ1) is 13.3. The van der Waals surface area contributed by atoms with Gasteiger partial charge >= 0.3 is 5.69 Å². The molecule has 0 bridgehead atoms. The van der Waals surface area contributed by atoms with Crippen LogP contribution in [0.5, 0.6) is 0 Å². The molecule has 102 valence electrons. The lowest BCUT2D eigenvalue weighted by Crippen LogP contribution is -2.35. The van der Waals surface area contributed by atoms with Crippen molar-refractivity contribution in [2.75, 3.05) is 0 Å². The van der Waals surface area contributed by atoms with Gasteiger partial charge in [0.25, 0.3) is 11.2 Å². The molecule has 0 aliphatic heterocycles. The van der Waals surface area contributed by atoms with Crippen molar-refractivity contribution in [3.8, 4) is 0 Å². The molecule has 0 saturated heterocycles. The number of nitrogens with one attached hydrogen (secondary N) is 1. The molecule has 1 N–H and O–H groups in total. The molecular formula is C11H9N5O4. The zero-order valence-electron chi connectivity index (χ0n) is 10.3. The van der Waals surface area contributed by atoms with Crippen LogP contribution in [0.1, 0.15) is 11.3 Å². The molecule has 0 amide bonds. The number of benzene rings is 1. The van der Waals surface area contributed by atoms with Gasteiger partial charge in [-0.25, -0.2) is 9.89 Å². The molecule has 9 nitrogen and oxygen atoms in total. The van der Waals surface area contributed by atoms with Gasteiger partial charge in [0.2, 0.25) is 0 Å². The van der Waals surface area contributed by atoms with Gasteiger partial charge in [-0.2, -0.15) is 10.2 Å². The Morgan fingerprint density at radius 1 is 1.45 bits per heavy atom. The van der Waals surface area contributed by atoms with Gasteiger partial charge in [0, 0.05) is 17.7 Å². The molecule has 1 heterocycles. The van der Waals surface area contributed by atoms with Crippen molar-refractivity contribution in [2.24, 2.45) is 5.10 Å². The molecule has 0 atom stereocenters. The molecule has 2 rings (SSSR count). The molecule has 0 saturated carbocycles. The van der Waals surface area contributed by atoms with Crippen LogP contribution in [0.4, 0.5) is 5.69 Å². The number of H-pyrrole nitrogens is 1. The fraction of sp³-hybridized carbons (Fsp3) is 0.0909. The molecule has 0 unspecified atom stereocenters. The first-order valence-corrected chi connectivity index (χ1v) is 5.46. The van der Waals surface area contributed by atoms with E-state index in [1.54, 1.807) is 6.07 Å². The van der Waals surface area contributed by atoms with Gasteiger partial charge in [-0.3, -0.25) is 14.9 Å². The van der Waals surface area contributed by atoms with Crippen LogP contribution >= 0.6 is 0 Å². The van der Waals surface area contributed by atoms with E-state index in [9.17, 15) is 19.7 Å². The second kappa shape index (κ2) is 5.26. The molecular weight excluding hydrogens is 266 g/mol. The Bertz CT molecular complexity index is 805. The lowest BCUT2D eigenvalue weighted by molar-refractivity contribution is -0.384. The molecule has 0 aliphatic rings. The highest BCUT2D eigenvalue weighted by molar-refractivity contribution is 5.80. The van der Waals surface area contributed by atoms with Crippen molar-refractivity contribution in [1.29, 1.82) is 0 Å². The average molecular weight is 275 g/mol. The van der Waals surface area contributed by atoms with Crippen LogP contribution in [-0.4, -0.2) is 26.0 Å². The summed E-state index contributed by atoms with van der Waals surface area (Å²) in [6, 6.07) is 5.64. The first-order valence-electron chi connectivity index (χ1n) is 5.46. The minimum atomic E-state index is -0.790. The Morgan fingerprint density at radius 2 is 2.20 bits per heavy atom. The maximum atomic E-state index is 11.6. The molecule has 0 aliphatic carbocycles. The lowest BCUT2D eigenvalue weighted by atomic mass is 10.2. The molecule has 1 aromatic carbocycles. The zero-order valence-corrected chi connectivity index (χ0v) is 10.3. The van der Waals surface area contributed by atoms with E-state index in [1.807, 2.05) is 0 Å². The Kier molecular flexibility index (Phi) is 3.51. The Morgan fingerprint density at radius 3 is 2.90 bits per heavy atom. The summed E-state index contributed by atoms with van der Waals surface area (Å²) in [7, 11) is 0. The topological polar surface area (TPSA) is 123 Å². The SMILES string of the molecule is Cc1n[nH]c(=O)n(/N=C/c2cccc([N+](=O)[O-])c2)c1=O. The van der Waals surface area contributed by atoms with Crippen LogP contribution in [0, 0.1) is 17.0 Å². The van der Waals surface area contributed by atoms with Crippen molar-refractivity contribution in [1.82, 2.24) is 14.9 Å². The molecule has 9 heteroatoms. The number of hydrogen-bond acceptors (Lipinski definition) is 6. The molecule has 1 aromatic heterocycles. The maximum absolute atomic E-state index is 11.6. The highest BCUT2D eigenvalue weighted by Crippen LogP contribution is 2.11. The summed E-state index contributed by atoms with van der Waals surface area (Å²) in [5.74, 6) is 0. The van der Waals surface area contributed by atoms with Crippen molar-refractivity contribution in [3.05, 3.63) is 66.5 Å². The summed E-state index contributed by atoms with van der Waals surface area (Å²) < 4.78 is 0.598. The largest absolute Gasteiger partial charge is 0.365 e. The van der Waals surface area contributed by atoms with Crippen LogP contribution in [0.2, 0.25) is 0 Å². The number of nitrogens with zero attached hydrogens (tertiary/aromatic N) is 4. The van der Waals surface area contributed by atoms with E-state index >= 15 is 0 Å². The van der Waals surface area contributed by atoms with E-state index in [2.05, 4.69) is 15.3 Å². The number of hydrogen-bond donors (Lipinski definition) is 1. The number of aromatic amines is 1. The number of nitro benzene ring substituents is 1. The number of non-ortho nitro benzene ring substituents is 1. The standard InChI is InChI=1S/C11H9N5O4/c1-7-10(17)15(11(18)14-13-7)12-6-8-3-2-4-9(5-8)16(19)20/h2-6H,1H3,(H,14,18)/b12-6+. The number of rotatable bonds is 3. The van der Waals surface area contributed by atoms with E-state index in [0.717, 1.165) is 0 Å². The summed E-state index contributed by atoms with van der Waals surface area (Å²) in [4.78, 5) is 33.1. The zero-order chi connectivity index (χ0) is 14.7. The second-order valence-corrected chi connectivity index (χ2v) is 3.83. The Labute approximate surface area is 111 Å². The maximum Gasteiger partial charge on any atom is 0.365 e. The molecule has 0 radical (unpaired) electrons. The summed E-state index contributed by atoms with van der Waals surface area (Å²) in [5.41, 5.74) is -1.08. The predicted molar refractivity (Wildman–Crippen MR) is 69.9 cm³/mol. The second-order valence-electron chi connectivity index (χ2n) is 3.83. The van der Waals surface area contributed by atoms with E-state index in [1.165, 1.54) is 31.3 Å². The van der Waals surface area contributed by atoms with E-state index < -0.39 is 16.2 Å². The van der Waals surface area contributed by atoms with Gasteiger partial charge < -0.3 is 0 Å². The monoisotopic (exact) mass is 275 g/mol. The van der Waals surface area contributed by atoms with Crippen LogP contribution in [-0.2, 0) is 0 Å². The fourth-order valence-electron chi connectivity index (χ4n) is 1.42. The quantitative estimate of drug-likeness (QED) is 0.481. The average Bonchev–Trinajstić information content (AvgIpc) is 2.43. The van der Waals surface area contributed by atoms with Crippen LogP contribution < -0.4 is 11.2 Å². The molecule has 0 spiro atoms. The number of nitro groups is 1. The summed E-state index contributed by atoms with van der Waals surface area (Å²) >= 11 is 0. The molecule has 2 aromatic rings. The van der Waals surface area contributed by atoms with Gasteiger partial charge in [-0.1, -0.05) is 12.1 Å². The van der Waals surface area contributed by atoms with Crippen LogP contribution in [0.3, 0.4) is 0 Å². The van der Waals surface area contributed by atoms with Crippen LogP contribution in [0.25, 0.3) is 0 Å². The van der Waals surface area contributed by atoms with Crippen molar-refractivity contribution in [2.45, 2.75) is 6.92 Å². The van der Waals surface area contributed by atoms with Gasteiger partial charge in [0.15, 0.2) is 0 Å². The van der Waals surface area contributed by atoms with Gasteiger partial charge in [0.1, 0.15) is 5.69 Å². The van der Waals surface area contributed by atoms with Gasteiger partial charge in [-0.05, 0) is 6.92 Å². The summed E-state index contributed by atoms with van der Waals surface area (Å²) in [6.07, 6.45) is 1.18. The molecule has 0 fully saturated rings. The minimum Gasteiger partial charge on any atom is -0.265 e. The third kappa shape index (κ3) is 2.66. The van der Waals surface area contributed by atoms with Gasteiger partial charge in [0.05, 0.1) is 11.1 Å².